The van der Waals surface area contributed by atoms with Crippen molar-refractivity contribution < 1.29 is 9.53 Å². The van der Waals surface area contributed by atoms with Crippen LogP contribution in [-0.4, -0.2) is 27.1 Å². The van der Waals surface area contributed by atoms with Crippen molar-refractivity contribution in [3.05, 3.63) is 70.5 Å². The van der Waals surface area contributed by atoms with Crippen LogP contribution in [-0.2, 0) is 14.1 Å². The first-order valence-corrected chi connectivity index (χ1v) is 8.53. The maximum atomic E-state index is 12.8. The van der Waals surface area contributed by atoms with E-state index in [4.69, 9.17) is 4.74 Å². The quantitative estimate of drug-likeness (QED) is 0.713. The SMILES string of the molecule is COc1ccccc1C(NC(=O)c1cc(Br)cn1C)c1nccn1C. The van der Waals surface area contributed by atoms with Crippen LogP contribution in [0.1, 0.15) is 27.9 Å². The molecule has 1 unspecified atom stereocenters. The van der Waals surface area contributed by atoms with Gasteiger partial charge in [0.15, 0.2) is 0 Å². The number of nitrogens with one attached hydrogen (secondary N) is 1. The molecule has 1 aromatic carbocycles. The Kier molecular flexibility index (Phi) is 4.94. The van der Waals surface area contributed by atoms with E-state index in [1.165, 1.54) is 0 Å². The van der Waals surface area contributed by atoms with Crippen LogP contribution in [0.3, 0.4) is 0 Å². The average molecular weight is 403 g/mol. The minimum Gasteiger partial charge on any atom is -0.496 e. The molecular formula is C18H19BrN4O2. The number of hydrogen-bond acceptors (Lipinski definition) is 3. The van der Waals surface area contributed by atoms with E-state index in [1.807, 2.05) is 55.3 Å². The Labute approximate surface area is 154 Å². The van der Waals surface area contributed by atoms with Gasteiger partial charge in [-0.15, -0.1) is 0 Å². The van der Waals surface area contributed by atoms with Crippen molar-refractivity contribution in [1.82, 2.24) is 19.4 Å². The molecule has 2 aromatic heterocycles. The predicted molar refractivity (Wildman–Crippen MR) is 98.6 cm³/mol. The summed E-state index contributed by atoms with van der Waals surface area (Å²) in [6.07, 6.45) is 5.40. The van der Waals surface area contributed by atoms with Crippen LogP contribution in [0.15, 0.2) is 53.4 Å². The number of benzene rings is 1. The first-order chi connectivity index (χ1) is 12.0. The van der Waals surface area contributed by atoms with Crippen LogP contribution in [0.5, 0.6) is 5.75 Å². The molecule has 0 aliphatic carbocycles. The number of aryl methyl sites for hydroxylation is 2. The second kappa shape index (κ2) is 7.14. The summed E-state index contributed by atoms with van der Waals surface area (Å²) in [5.41, 5.74) is 1.40. The number of aromatic nitrogens is 3. The van der Waals surface area contributed by atoms with E-state index in [0.717, 1.165) is 15.9 Å². The molecule has 1 amide bonds. The van der Waals surface area contributed by atoms with Gasteiger partial charge in [-0.05, 0) is 28.1 Å². The summed E-state index contributed by atoms with van der Waals surface area (Å²) < 4.78 is 9.99. The molecule has 0 fully saturated rings. The van der Waals surface area contributed by atoms with E-state index < -0.39 is 6.04 Å². The van der Waals surface area contributed by atoms with E-state index >= 15 is 0 Å². The molecule has 0 aliphatic heterocycles. The van der Waals surface area contributed by atoms with Gasteiger partial charge < -0.3 is 19.2 Å². The van der Waals surface area contributed by atoms with E-state index in [2.05, 4.69) is 26.2 Å². The molecule has 3 rings (SSSR count). The third-order valence-electron chi connectivity index (χ3n) is 4.05. The van der Waals surface area contributed by atoms with Gasteiger partial charge in [0.05, 0.1) is 7.11 Å². The fraction of sp³-hybridized carbons (Fsp3) is 0.222. The molecule has 2 heterocycles. The van der Waals surface area contributed by atoms with E-state index in [-0.39, 0.29) is 5.91 Å². The van der Waals surface area contributed by atoms with Gasteiger partial charge in [-0.1, -0.05) is 18.2 Å². The van der Waals surface area contributed by atoms with Crippen molar-refractivity contribution >= 4 is 21.8 Å². The van der Waals surface area contributed by atoms with Crippen LogP contribution in [0.4, 0.5) is 0 Å². The molecule has 6 nitrogen and oxygen atoms in total. The fourth-order valence-electron chi connectivity index (χ4n) is 2.80. The summed E-state index contributed by atoms with van der Waals surface area (Å²) in [5.74, 6) is 1.24. The number of amides is 1. The van der Waals surface area contributed by atoms with Gasteiger partial charge in [0.2, 0.25) is 0 Å². The number of rotatable bonds is 5. The smallest absolute Gasteiger partial charge is 0.268 e. The summed E-state index contributed by atoms with van der Waals surface area (Å²) in [7, 11) is 5.35. The number of hydrogen-bond donors (Lipinski definition) is 1. The summed E-state index contributed by atoms with van der Waals surface area (Å²) in [6, 6.07) is 8.97. The van der Waals surface area contributed by atoms with Crippen LogP contribution < -0.4 is 10.1 Å². The normalized spacial score (nSPS) is 12.0. The third-order valence-corrected chi connectivity index (χ3v) is 4.48. The largest absolute Gasteiger partial charge is 0.496 e. The Morgan fingerprint density at radius 3 is 2.64 bits per heavy atom. The zero-order valence-electron chi connectivity index (χ0n) is 14.2. The van der Waals surface area contributed by atoms with Gasteiger partial charge in [-0.2, -0.15) is 0 Å². The second-order valence-electron chi connectivity index (χ2n) is 5.70. The van der Waals surface area contributed by atoms with Crippen molar-refractivity contribution in [2.45, 2.75) is 6.04 Å². The molecule has 0 saturated heterocycles. The number of nitrogens with zero attached hydrogens (tertiary/aromatic N) is 3. The first kappa shape index (κ1) is 17.3. The van der Waals surface area contributed by atoms with E-state index in [9.17, 15) is 4.79 Å². The third kappa shape index (κ3) is 3.46. The zero-order chi connectivity index (χ0) is 18.0. The van der Waals surface area contributed by atoms with Crippen molar-refractivity contribution in [2.75, 3.05) is 7.11 Å². The lowest BCUT2D eigenvalue weighted by molar-refractivity contribution is 0.0932. The highest BCUT2D eigenvalue weighted by molar-refractivity contribution is 9.10. The molecule has 0 radical (unpaired) electrons. The van der Waals surface area contributed by atoms with Gasteiger partial charge in [0.25, 0.3) is 5.91 Å². The van der Waals surface area contributed by atoms with E-state index in [1.54, 1.807) is 23.9 Å². The number of ether oxygens (including phenoxy) is 1. The summed E-state index contributed by atoms with van der Waals surface area (Å²) in [4.78, 5) is 17.3. The van der Waals surface area contributed by atoms with E-state index in [0.29, 0.717) is 11.4 Å². The highest BCUT2D eigenvalue weighted by atomic mass is 79.9. The first-order valence-electron chi connectivity index (χ1n) is 7.74. The molecule has 1 N–H and O–H groups in total. The van der Waals surface area contributed by atoms with Crippen LogP contribution in [0.25, 0.3) is 0 Å². The van der Waals surface area contributed by atoms with Crippen LogP contribution >= 0.6 is 15.9 Å². The maximum absolute atomic E-state index is 12.8. The van der Waals surface area contributed by atoms with Gasteiger partial charge in [0, 0.05) is 42.7 Å². The standard InChI is InChI=1S/C18H19BrN4O2/c1-22-9-8-20-17(22)16(13-6-4-5-7-15(13)25-3)21-18(24)14-10-12(19)11-23(14)2/h4-11,16H,1-3H3,(H,21,24). The van der Waals surface area contributed by atoms with Gasteiger partial charge in [0.1, 0.15) is 23.3 Å². The van der Waals surface area contributed by atoms with Crippen molar-refractivity contribution in [1.29, 1.82) is 0 Å². The van der Waals surface area contributed by atoms with Crippen molar-refractivity contribution in [2.24, 2.45) is 14.1 Å². The molecule has 7 heteroatoms. The van der Waals surface area contributed by atoms with Crippen LogP contribution in [0.2, 0.25) is 0 Å². The molecule has 0 bridgehead atoms. The Bertz CT molecular complexity index is 900. The number of carbonyl (C=O) groups is 1. The highest BCUT2D eigenvalue weighted by Crippen LogP contribution is 2.29. The number of methoxy groups -OCH3 is 1. The molecule has 0 aliphatic rings. The molecule has 130 valence electrons. The van der Waals surface area contributed by atoms with Gasteiger partial charge in [-0.25, -0.2) is 4.98 Å². The Balaban J connectivity index is 2.02. The molecule has 3 aromatic rings. The Morgan fingerprint density at radius 1 is 1.28 bits per heavy atom. The average Bonchev–Trinajstić information content (AvgIpc) is 3.17. The minimum atomic E-state index is -0.433. The van der Waals surface area contributed by atoms with Crippen molar-refractivity contribution in [3.8, 4) is 5.75 Å². The molecule has 25 heavy (non-hydrogen) atoms. The predicted octanol–water partition coefficient (Wildman–Crippen LogP) is 3.05. The lowest BCUT2D eigenvalue weighted by Gasteiger charge is -2.21. The summed E-state index contributed by atoms with van der Waals surface area (Å²) in [5, 5.41) is 3.08. The van der Waals surface area contributed by atoms with Gasteiger partial charge >= 0.3 is 0 Å². The number of imidazole rings is 1. The topological polar surface area (TPSA) is 61.1 Å². The summed E-state index contributed by atoms with van der Waals surface area (Å²) >= 11 is 3.40. The van der Waals surface area contributed by atoms with Gasteiger partial charge in [-0.3, -0.25) is 4.79 Å². The zero-order valence-corrected chi connectivity index (χ0v) is 15.8. The highest BCUT2D eigenvalue weighted by Gasteiger charge is 2.25. The molecule has 0 spiro atoms. The molecule has 0 saturated carbocycles. The van der Waals surface area contributed by atoms with Crippen molar-refractivity contribution in [3.63, 3.8) is 0 Å². The van der Waals surface area contributed by atoms with Crippen LogP contribution in [0, 0.1) is 0 Å². The Hall–Kier alpha value is -2.54. The Morgan fingerprint density at radius 2 is 2.04 bits per heavy atom. The minimum absolute atomic E-state index is 0.188. The number of para-hydroxylation sites is 1. The summed E-state index contributed by atoms with van der Waals surface area (Å²) in [6.45, 7) is 0. The second-order valence-corrected chi connectivity index (χ2v) is 6.61. The maximum Gasteiger partial charge on any atom is 0.268 e. The lowest BCUT2D eigenvalue weighted by atomic mass is 10.0. The number of halogens is 1. The monoisotopic (exact) mass is 402 g/mol. The lowest BCUT2D eigenvalue weighted by Crippen LogP contribution is -2.32. The number of carbonyl (C=O) groups excluding carboxylic acids is 1. The molecular weight excluding hydrogens is 384 g/mol. The molecule has 1 atom stereocenters. The fourth-order valence-corrected chi connectivity index (χ4v) is 3.32.